The molecule has 1 heterocycles. The lowest BCUT2D eigenvalue weighted by Crippen LogP contribution is -2.52. The van der Waals surface area contributed by atoms with Gasteiger partial charge in [-0.15, -0.1) is 0 Å². The minimum absolute atomic E-state index is 0.128. The maximum Gasteiger partial charge on any atom is 0.327 e. The van der Waals surface area contributed by atoms with Crippen molar-refractivity contribution < 1.29 is 17.9 Å². The van der Waals surface area contributed by atoms with Crippen LogP contribution in [0.2, 0.25) is 5.02 Å². The first-order chi connectivity index (χ1) is 15.8. The van der Waals surface area contributed by atoms with Crippen LogP contribution in [0.3, 0.4) is 0 Å². The Labute approximate surface area is 197 Å². The number of hydrogen-bond donors (Lipinski definition) is 1. The Kier molecular flexibility index (Phi) is 5.26. The van der Waals surface area contributed by atoms with Gasteiger partial charge in [0.25, 0.3) is 0 Å². The summed E-state index contributed by atoms with van der Waals surface area (Å²) in [5.41, 5.74) is 3.05. The highest BCUT2D eigenvalue weighted by molar-refractivity contribution is 7.93. The number of nitrogens with one attached hydrogen (secondary N) is 1. The van der Waals surface area contributed by atoms with Crippen LogP contribution >= 0.6 is 11.6 Å². The quantitative estimate of drug-likeness (QED) is 0.391. The second-order valence-electron chi connectivity index (χ2n) is 8.82. The Balaban J connectivity index is 1.60. The number of carbonyl (C=O) groups is 1. The first-order valence-corrected chi connectivity index (χ1v) is 12.7. The molecule has 1 aromatic heterocycles. The Morgan fingerprint density at radius 3 is 2.61 bits per heavy atom. The summed E-state index contributed by atoms with van der Waals surface area (Å²) in [6.07, 6.45) is 1.63. The van der Waals surface area contributed by atoms with E-state index in [4.69, 9.17) is 16.3 Å². The highest BCUT2D eigenvalue weighted by Gasteiger charge is 2.54. The molecule has 0 amide bonds. The summed E-state index contributed by atoms with van der Waals surface area (Å²) >= 11 is 6.19. The summed E-state index contributed by atoms with van der Waals surface area (Å²) in [5, 5.41) is 3.46. The molecule has 5 nitrogen and oxygen atoms in total. The third-order valence-corrected chi connectivity index (χ3v) is 9.84. The highest BCUT2D eigenvalue weighted by Crippen LogP contribution is 2.43. The van der Waals surface area contributed by atoms with Gasteiger partial charge in [0.1, 0.15) is 0 Å². The molecule has 1 aliphatic rings. The summed E-state index contributed by atoms with van der Waals surface area (Å²) in [4.78, 5) is 16.7. The monoisotopic (exact) mass is 481 g/mol. The Bertz CT molecular complexity index is 1510. The van der Waals surface area contributed by atoms with Gasteiger partial charge in [0.05, 0.1) is 12.0 Å². The average Bonchev–Trinajstić information content (AvgIpc) is 3.19. The molecule has 0 saturated heterocycles. The Morgan fingerprint density at radius 2 is 1.85 bits per heavy atom. The number of aromatic nitrogens is 1. The van der Waals surface area contributed by atoms with Crippen LogP contribution < -0.4 is 0 Å². The third-order valence-electron chi connectivity index (χ3n) is 7.11. The van der Waals surface area contributed by atoms with E-state index < -0.39 is 26.5 Å². The zero-order chi connectivity index (χ0) is 23.4. The van der Waals surface area contributed by atoms with E-state index in [2.05, 4.69) is 4.98 Å². The summed E-state index contributed by atoms with van der Waals surface area (Å²) in [5.74, 6) is -1.18. The normalized spacial score (nSPS) is 18.1. The van der Waals surface area contributed by atoms with Gasteiger partial charge in [-0.2, -0.15) is 0 Å². The summed E-state index contributed by atoms with van der Waals surface area (Å²) < 4.78 is 31.4. The molecule has 1 aliphatic carbocycles. The number of aryl methyl sites for hydroxylation is 1. The van der Waals surface area contributed by atoms with E-state index in [9.17, 15) is 13.2 Å². The van der Waals surface area contributed by atoms with Crippen molar-refractivity contribution in [2.75, 3.05) is 7.11 Å². The van der Waals surface area contributed by atoms with Crippen LogP contribution in [0.15, 0.2) is 65.6 Å². The largest absolute Gasteiger partial charge is 0.468 e. The maximum atomic E-state index is 14.0. The zero-order valence-corrected chi connectivity index (χ0v) is 20.0. The standard InChI is InChI=1S/C26H24ClNO4S/c1-26(25(29)32-2,33(30,31)20-10-7-16-5-3-4-6-17(16)13-20)18-8-11-21-22-15-19(27)9-12-23(22)28-24(21)14-18/h3-7,9-10,12-13,15,18,28H,8,11,14H2,1-2H3. The van der Waals surface area contributed by atoms with Crippen molar-refractivity contribution in [3.05, 3.63) is 76.9 Å². The molecule has 0 fully saturated rings. The van der Waals surface area contributed by atoms with Gasteiger partial charge in [0.15, 0.2) is 14.6 Å². The number of carbonyl (C=O) groups excluding carboxylic acids is 1. The van der Waals surface area contributed by atoms with E-state index >= 15 is 0 Å². The van der Waals surface area contributed by atoms with E-state index in [1.54, 1.807) is 18.2 Å². The smallest absolute Gasteiger partial charge is 0.327 e. The lowest BCUT2D eigenvalue weighted by molar-refractivity contribution is -0.145. The number of hydrogen-bond acceptors (Lipinski definition) is 4. The van der Waals surface area contributed by atoms with Gasteiger partial charge in [-0.3, -0.25) is 4.79 Å². The van der Waals surface area contributed by atoms with E-state index in [0.717, 1.165) is 32.9 Å². The molecule has 170 valence electrons. The number of ether oxygens (including phenoxy) is 1. The zero-order valence-electron chi connectivity index (χ0n) is 18.4. The van der Waals surface area contributed by atoms with Crippen LogP contribution in [0.25, 0.3) is 21.7 Å². The molecule has 2 atom stereocenters. The summed E-state index contributed by atoms with van der Waals surface area (Å²) in [6.45, 7) is 1.51. The fourth-order valence-corrected chi connectivity index (χ4v) is 7.28. The van der Waals surface area contributed by atoms with Crippen molar-refractivity contribution in [2.45, 2.75) is 35.8 Å². The SMILES string of the molecule is COC(=O)C(C)(C1CCc2c([nH]c3ccc(Cl)cc23)C1)S(=O)(=O)c1ccc2ccccc2c1. The molecule has 2 unspecified atom stereocenters. The van der Waals surface area contributed by atoms with Crippen molar-refractivity contribution in [1.82, 2.24) is 4.98 Å². The predicted molar refractivity (Wildman–Crippen MR) is 130 cm³/mol. The number of rotatable bonds is 4. The second-order valence-corrected chi connectivity index (χ2v) is 11.6. The van der Waals surface area contributed by atoms with Crippen molar-refractivity contribution in [1.29, 1.82) is 0 Å². The fourth-order valence-electron chi connectivity index (χ4n) is 5.15. The van der Waals surface area contributed by atoms with E-state index in [0.29, 0.717) is 24.3 Å². The highest BCUT2D eigenvalue weighted by atomic mass is 35.5. The third kappa shape index (κ3) is 3.35. The van der Waals surface area contributed by atoms with Gasteiger partial charge in [-0.05, 0) is 78.8 Å². The molecule has 4 aromatic rings. The van der Waals surface area contributed by atoms with Crippen molar-refractivity contribution in [3.8, 4) is 0 Å². The van der Waals surface area contributed by atoms with Gasteiger partial charge >= 0.3 is 5.97 Å². The molecule has 3 aromatic carbocycles. The molecule has 0 aliphatic heterocycles. The number of fused-ring (bicyclic) bond motifs is 4. The minimum Gasteiger partial charge on any atom is -0.468 e. The van der Waals surface area contributed by atoms with Gasteiger partial charge < -0.3 is 9.72 Å². The van der Waals surface area contributed by atoms with Crippen molar-refractivity contribution in [3.63, 3.8) is 0 Å². The van der Waals surface area contributed by atoms with Crippen molar-refractivity contribution in [2.24, 2.45) is 5.92 Å². The van der Waals surface area contributed by atoms with Crippen LogP contribution in [0.5, 0.6) is 0 Å². The molecule has 7 heteroatoms. The van der Waals surface area contributed by atoms with Crippen molar-refractivity contribution >= 4 is 49.1 Å². The topological polar surface area (TPSA) is 76.2 Å². The van der Waals surface area contributed by atoms with Gasteiger partial charge in [-0.25, -0.2) is 8.42 Å². The molecule has 0 radical (unpaired) electrons. The van der Waals surface area contributed by atoms with Gasteiger partial charge in [-0.1, -0.05) is 41.9 Å². The molecular formula is C26H24ClNO4S. The fraction of sp³-hybridized carbons (Fsp3) is 0.269. The molecule has 5 rings (SSSR count). The maximum absolute atomic E-state index is 14.0. The lowest BCUT2D eigenvalue weighted by atomic mass is 9.79. The Hall–Kier alpha value is -2.83. The molecule has 1 N–H and O–H groups in total. The summed E-state index contributed by atoms with van der Waals surface area (Å²) in [6, 6.07) is 18.2. The number of sulfone groups is 1. The van der Waals surface area contributed by atoms with Crippen LogP contribution in [0, 0.1) is 5.92 Å². The van der Waals surface area contributed by atoms with E-state index in [1.165, 1.54) is 14.0 Å². The number of methoxy groups -OCH3 is 1. The number of esters is 1. The van der Waals surface area contributed by atoms with Gasteiger partial charge in [0, 0.05) is 21.6 Å². The number of halogens is 1. The molecular weight excluding hydrogens is 458 g/mol. The molecule has 33 heavy (non-hydrogen) atoms. The van der Waals surface area contributed by atoms with Crippen LogP contribution in [-0.4, -0.2) is 31.2 Å². The number of H-pyrrole nitrogens is 1. The van der Waals surface area contributed by atoms with E-state index in [-0.39, 0.29) is 4.90 Å². The minimum atomic E-state index is -4.05. The number of benzene rings is 3. The van der Waals surface area contributed by atoms with Gasteiger partial charge in [0.2, 0.25) is 0 Å². The lowest BCUT2D eigenvalue weighted by Gasteiger charge is -2.36. The molecule has 0 spiro atoms. The Morgan fingerprint density at radius 1 is 1.09 bits per heavy atom. The number of aromatic amines is 1. The predicted octanol–water partition coefficient (Wildman–Crippen LogP) is 5.49. The molecule has 0 saturated carbocycles. The average molecular weight is 482 g/mol. The first-order valence-electron chi connectivity index (χ1n) is 10.9. The van der Waals surface area contributed by atoms with Crippen LogP contribution in [-0.2, 0) is 32.2 Å². The second kappa shape index (κ2) is 7.89. The first kappa shape index (κ1) is 22.0. The van der Waals surface area contributed by atoms with E-state index in [1.807, 2.05) is 42.5 Å². The molecule has 0 bridgehead atoms. The summed E-state index contributed by atoms with van der Waals surface area (Å²) in [7, 11) is -2.81. The van der Waals surface area contributed by atoms with Crippen LogP contribution in [0.1, 0.15) is 24.6 Å². The van der Waals surface area contributed by atoms with Crippen LogP contribution in [0.4, 0.5) is 0 Å².